The first kappa shape index (κ1) is 9.09. The van der Waals surface area contributed by atoms with E-state index in [1.807, 2.05) is 0 Å². The first-order chi connectivity index (χ1) is 5.83. The van der Waals surface area contributed by atoms with E-state index in [9.17, 15) is 0 Å². The fraction of sp³-hybridized carbons (Fsp3) is 0.500. The van der Waals surface area contributed by atoms with Crippen molar-refractivity contribution in [3.8, 4) is 5.95 Å². The molecule has 0 bridgehead atoms. The molecule has 0 saturated heterocycles. The Hall–Kier alpha value is -1.00. The average Bonchev–Trinajstić information content (AvgIpc) is 2.53. The summed E-state index contributed by atoms with van der Waals surface area (Å²) in [5.74, 6) is 0.408. The zero-order valence-corrected chi connectivity index (χ0v) is 6.90. The Balaban J connectivity index is 2.17. The summed E-state index contributed by atoms with van der Waals surface area (Å²) in [6, 6.07) is 3.40. The molecule has 0 aliphatic carbocycles. The van der Waals surface area contributed by atoms with Crippen LogP contribution in [0.1, 0.15) is 0 Å². The minimum Gasteiger partial charge on any atom is -0.462 e. The molecule has 0 radical (unpaired) electrons. The second kappa shape index (κ2) is 4.79. The van der Waals surface area contributed by atoms with E-state index in [0.717, 1.165) is 0 Å². The highest BCUT2D eigenvalue weighted by molar-refractivity contribution is 5.03. The highest BCUT2D eigenvalue weighted by Crippen LogP contribution is 2.09. The predicted octanol–water partition coefficient (Wildman–Crippen LogP) is 0.666. The lowest BCUT2D eigenvalue weighted by atomic mass is 10.4. The molecule has 68 valence electrons. The van der Waals surface area contributed by atoms with Gasteiger partial charge in [-0.25, -0.2) is 0 Å². The molecule has 0 amide bonds. The van der Waals surface area contributed by atoms with Crippen LogP contribution < -0.4 is 4.74 Å². The highest BCUT2D eigenvalue weighted by atomic mass is 16.6. The molecular weight excluding hydrogens is 160 g/mol. The van der Waals surface area contributed by atoms with Gasteiger partial charge in [0.2, 0.25) is 0 Å². The van der Waals surface area contributed by atoms with Crippen LogP contribution in [0.2, 0.25) is 0 Å². The largest absolute Gasteiger partial charge is 0.462 e. The molecule has 0 saturated carbocycles. The summed E-state index contributed by atoms with van der Waals surface area (Å²) in [6.45, 7) is 0.446. The summed E-state index contributed by atoms with van der Waals surface area (Å²) in [7, 11) is 1.52. The molecule has 1 N–H and O–H groups in total. The Labute approximate surface area is 70.7 Å². The van der Waals surface area contributed by atoms with E-state index < -0.39 is 6.10 Å². The molecule has 1 unspecified atom stereocenters. The molecule has 0 spiro atoms. The summed E-state index contributed by atoms with van der Waals surface area (Å²) in [5.41, 5.74) is 0. The first-order valence-electron chi connectivity index (χ1n) is 3.66. The lowest BCUT2D eigenvalue weighted by Crippen LogP contribution is -2.22. The third-order valence-electron chi connectivity index (χ3n) is 1.27. The predicted molar refractivity (Wildman–Crippen MR) is 42.1 cm³/mol. The monoisotopic (exact) mass is 172 g/mol. The van der Waals surface area contributed by atoms with Gasteiger partial charge in [0, 0.05) is 13.2 Å². The number of methoxy groups -OCH3 is 1. The number of aliphatic hydroxyl groups is 1. The van der Waals surface area contributed by atoms with Gasteiger partial charge in [0.25, 0.3) is 5.95 Å². The van der Waals surface area contributed by atoms with E-state index in [1.165, 1.54) is 13.4 Å². The maximum absolute atomic E-state index is 9.16. The Morgan fingerprint density at radius 2 is 2.42 bits per heavy atom. The average molecular weight is 172 g/mol. The van der Waals surface area contributed by atoms with Gasteiger partial charge in [-0.1, -0.05) is 0 Å². The minimum absolute atomic E-state index is 0.182. The van der Waals surface area contributed by atoms with Crippen LogP contribution in [0.3, 0.4) is 0 Å². The fourth-order valence-corrected chi connectivity index (χ4v) is 0.764. The van der Waals surface area contributed by atoms with Crippen molar-refractivity contribution in [1.29, 1.82) is 0 Å². The minimum atomic E-state index is -0.611. The first-order valence-corrected chi connectivity index (χ1v) is 3.66. The van der Waals surface area contributed by atoms with Gasteiger partial charge >= 0.3 is 0 Å². The molecule has 12 heavy (non-hydrogen) atoms. The molecule has 1 heterocycles. The van der Waals surface area contributed by atoms with Crippen LogP contribution in [-0.2, 0) is 4.74 Å². The standard InChI is InChI=1S/C8H12O4/c1-10-5-7(9)6-12-8-3-2-4-11-8/h2-4,7,9H,5-6H2,1H3. The van der Waals surface area contributed by atoms with Crippen molar-refractivity contribution in [2.24, 2.45) is 0 Å². The quantitative estimate of drug-likeness (QED) is 0.709. The molecule has 1 atom stereocenters. The Kier molecular flexibility index (Phi) is 3.63. The fourth-order valence-electron chi connectivity index (χ4n) is 0.764. The van der Waals surface area contributed by atoms with Crippen LogP contribution in [0.4, 0.5) is 0 Å². The van der Waals surface area contributed by atoms with E-state index in [1.54, 1.807) is 12.1 Å². The number of ether oxygens (including phenoxy) is 2. The van der Waals surface area contributed by atoms with Crippen molar-refractivity contribution in [3.63, 3.8) is 0 Å². The van der Waals surface area contributed by atoms with Gasteiger partial charge in [-0.15, -0.1) is 0 Å². The molecule has 4 nitrogen and oxygen atoms in total. The summed E-state index contributed by atoms with van der Waals surface area (Å²) < 4.78 is 14.7. The van der Waals surface area contributed by atoms with E-state index in [4.69, 9.17) is 19.0 Å². The van der Waals surface area contributed by atoms with Gasteiger partial charge in [-0.2, -0.15) is 0 Å². The van der Waals surface area contributed by atoms with Gasteiger partial charge in [0.1, 0.15) is 12.7 Å². The molecule has 1 aromatic heterocycles. The third kappa shape index (κ3) is 2.94. The van der Waals surface area contributed by atoms with Crippen LogP contribution in [0, 0.1) is 0 Å². The zero-order valence-electron chi connectivity index (χ0n) is 6.90. The van der Waals surface area contributed by atoms with Crippen molar-refractivity contribution < 1.29 is 19.0 Å². The summed E-state index contributed by atoms with van der Waals surface area (Å²) >= 11 is 0. The van der Waals surface area contributed by atoms with Gasteiger partial charge < -0.3 is 19.0 Å². The van der Waals surface area contributed by atoms with Gasteiger partial charge in [-0.05, 0) is 6.07 Å². The van der Waals surface area contributed by atoms with Crippen LogP contribution in [0.25, 0.3) is 0 Å². The summed E-state index contributed by atoms with van der Waals surface area (Å²) in [5, 5.41) is 9.16. The van der Waals surface area contributed by atoms with E-state index >= 15 is 0 Å². The Morgan fingerprint density at radius 1 is 1.58 bits per heavy atom. The Morgan fingerprint density at radius 3 is 3.00 bits per heavy atom. The molecule has 4 heteroatoms. The van der Waals surface area contributed by atoms with Gasteiger partial charge in [0.15, 0.2) is 0 Å². The number of furan rings is 1. The normalized spacial score (nSPS) is 12.8. The molecule has 1 aromatic rings. The van der Waals surface area contributed by atoms with Crippen molar-refractivity contribution in [2.75, 3.05) is 20.3 Å². The van der Waals surface area contributed by atoms with E-state index in [0.29, 0.717) is 5.95 Å². The molecule has 1 rings (SSSR count). The van der Waals surface area contributed by atoms with Crippen molar-refractivity contribution in [3.05, 3.63) is 18.4 Å². The lowest BCUT2D eigenvalue weighted by Gasteiger charge is -2.08. The highest BCUT2D eigenvalue weighted by Gasteiger charge is 2.04. The second-order valence-corrected chi connectivity index (χ2v) is 2.35. The van der Waals surface area contributed by atoms with E-state index in [2.05, 4.69) is 0 Å². The maximum atomic E-state index is 9.16. The van der Waals surface area contributed by atoms with Crippen LogP contribution >= 0.6 is 0 Å². The number of rotatable bonds is 5. The zero-order chi connectivity index (χ0) is 8.81. The SMILES string of the molecule is COCC(O)COc1ccco1. The number of aliphatic hydroxyl groups excluding tert-OH is 1. The van der Waals surface area contributed by atoms with Gasteiger partial charge in [-0.3, -0.25) is 0 Å². The number of hydrogen-bond acceptors (Lipinski definition) is 4. The second-order valence-electron chi connectivity index (χ2n) is 2.35. The van der Waals surface area contributed by atoms with Gasteiger partial charge in [0.05, 0.1) is 12.9 Å². The smallest absolute Gasteiger partial charge is 0.284 e. The van der Waals surface area contributed by atoms with Crippen molar-refractivity contribution in [1.82, 2.24) is 0 Å². The number of hydrogen-bond donors (Lipinski definition) is 1. The summed E-state index contributed by atoms with van der Waals surface area (Å²) in [6.07, 6.45) is 0.901. The molecule has 0 aliphatic heterocycles. The summed E-state index contributed by atoms with van der Waals surface area (Å²) in [4.78, 5) is 0. The molecule has 0 aliphatic rings. The van der Waals surface area contributed by atoms with Crippen molar-refractivity contribution in [2.45, 2.75) is 6.10 Å². The van der Waals surface area contributed by atoms with E-state index in [-0.39, 0.29) is 13.2 Å². The molecule has 0 fully saturated rings. The van der Waals surface area contributed by atoms with Crippen molar-refractivity contribution >= 4 is 0 Å². The van der Waals surface area contributed by atoms with Crippen LogP contribution in [0.15, 0.2) is 22.8 Å². The third-order valence-corrected chi connectivity index (χ3v) is 1.27. The lowest BCUT2D eigenvalue weighted by molar-refractivity contribution is 0.0263. The molecular formula is C8H12O4. The topological polar surface area (TPSA) is 51.8 Å². The molecule has 0 aromatic carbocycles. The van der Waals surface area contributed by atoms with Crippen LogP contribution in [0.5, 0.6) is 5.95 Å². The Bertz CT molecular complexity index is 195. The maximum Gasteiger partial charge on any atom is 0.284 e. The van der Waals surface area contributed by atoms with Crippen LogP contribution in [-0.4, -0.2) is 31.5 Å².